The minimum atomic E-state index is -1.23. The molecule has 0 aliphatic heterocycles. The number of hydrogen-bond acceptors (Lipinski definition) is 5. The van der Waals surface area contributed by atoms with Gasteiger partial charge in [0.1, 0.15) is 23.6 Å². The first kappa shape index (κ1) is 26.5. The van der Waals surface area contributed by atoms with Gasteiger partial charge < -0.3 is 20.5 Å². The number of carbonyl (C=O) groups excluding carboxylic acids is 2. The van der Waals surface area contributed by atoms with E-state index in [1.54, 1.807) is 20.8 Å². The molecule has 2 rings (SSSR count). The Morgan fingerprint density at radius 3 is 2.12 bits per heavy atom. The molecule has 2 aromatic carbocycles. The number of rotatable bonds is 9. The van der Waals surface area contributed by atoms with Crippen molar-refractivity contribution in [3.63, 3.8) is 0 Å². The first-order valence-electron chi connectivity index (χ1n) is 11.2. The molecule has 7 nitrogen and oxygen atoms in total. The third kappa shape index (κ3) is 7.39. The highest BCUT2D eigenvalue weighted by Gasteiger charge is 2.38. The van der Waals surface area contributed by atoms with Crippen molar-refractivity contribution in [2.24, 2.45) is 11.8 Å². The van der Waals surface area contributed by atoms with Gasteiger partial charge in [-0.15, -0.1) is 0 Å². The Hall–Kier alpha value is -2.74. The van der Waals surface area contributed by atoms with E-state index in [2.05, 4.69) is 10.6 Å². The Bertz CT molecular complexity index is 968. The van der Waals surface area contributed by atoms with Gasteiger partial charge in [0.15, 0.2) is 5.43 Å². The van der Waals surface area contributed by atoms with E-state index in [-0.39, 0.29) is 22.8 Å². The molecule has 0 bridgehead atoms. The van der Waals surface area contributed by atoms with Gasteiger partial charge in [0.2, 0.25) is 5.91 Å². The lowest BCUT2D eigenvalue weighted by molar-refractivity contribution is -0.125. The van der Waals surface area contributed by atoms with E-state index in [1.807, 2.05) is 27.7 Å². The first-order valence-corrected chi connectivity index (χ1v) is 11.2. The van der Waals surface area contributed by atoms with Gasteiger partial charge in [0, 0.05) is 11.1 Å². The molecule has 0 aliphatic carbocycles. The Morgan fingerprint density at radius 1 is 1.06 bits per heavy atom. The Labute approximate surface area is 194 Å². The number of halogens is 1. The summed E-state index contributed by atoms with van der Waals surface area (Å²) < 4.78 is 18.5. The van der Waals surface area contributed by atoms with Crippen LogP contribution in [-0.2, 0) is 9.53 Å². The second kappa shape index (κ2) is 10.5. The molecule has 0 saturated heterocycles. The van der Waals surface area contributed by atoms with Crippen molar-refractivity contribution in [2.75, 3.05) is 0 Å². The van der Waals surface area contributed by atoms with Crippen molar-refractivity contribution in [1.82, 2.24) is 10.6 Å². The molecular weight excluding hydrogens is 427 g/mol. The topological polar surface area (TPSA) is 105 Å². The van der Waals surface area contributed by atoms with Crippen LogP contribution in [0.3, 0.4) is 0 Å². The smallest absolute Gasteiger partial charge is 0.408 e. The predicted octanol–water partition coefficient (Wildman–Crippen LogP) is 3.84. The molecule has 0 aromatic heterocycles. The number of aliphatic hydroxyl groups is 1. The van der Waals surface area contributed by atoms with Crippen molar-refractivity contribution >= 4 is 12.0 Å². The molecule has 0 radical (unpaired) electrons. The zero-order valence-corrected chi connectivity index (χ0v) is 20.4. The van der Waals surface area contributed by atoms with Crippen molar-refractivity contribution in [2.45, 2.75) is 78.7 Å². The molecule has 3 N–H and O–H groups in total. The molecule has 0 spiro atoms. The van der Waals surface area contributed by atoms with E-state index >= 15 is 0 Å². The van der Waals surface area contributed by atoms with Crippen molar-refractivity contribution < 1.29 is 23.8 Å². The summed E-state index contributed by atoms with van der Waals surface area (Å²) >= 11 is 0. The van der Waals surface area contributed by atoms with E-state index in [4.69, 9.17) is 4.74 Å². The van der Waals surface area contributed by atoms with Crippen LogP contribution in [0.15, 0.2) is 29.1 Å². The van der Waals surface area contributed by atoms with Crippen LogP contribution in [0.1, 0.15) is 66.6 Å². The van der Waals surface area contributed by atoms with Crippen LogP contribution in [0.2, 0.25) is 0 Å². The molecule has 0 aliphatic rings. The molecule has 3 atom stereocenters. The fourth-order valence-corrected chi connectivity index (χ4v) is 3.58. The van der Waals surface area contributed by atoms with Crippen molar-refractivity contribution in [1.29, 1.82) is 0 Å². The number of hydrogen-bond donors (Lipinski definition) is 3. The van der Waals surface area contributed by atoms with Gasteiger partial charge in [0.25, 0.3) is 0 Å². The Balaban J connectivity index is 2.18. The highest BCUT2D eigenvalue weighted by atomic mass is 19.1. The number of amides is 2. The largest absolute Gasteiger partial charge is 0.444 e. The molecule has 0 saturated carbocycles. The molecule has 8 heteroatoms. The fraction of sp³-hybridized carbons (Fsp3) is 0.560. The van der Waals surface area contributed by atoms with Crippen LogP contribution in [0.5, 0.6) is 0 Å². The normalized spacial score (nSPS) is 14.9. The van der Waals surface area contributed by atoms with Gasteiger partial charge in [-0.1, -0.05) is 39.8 Å². The molecule has 2 amide bonds. The van der Waals surface area contributed by atoms with Gasteiger partial charge in [-0.25, -0.2) is 9.18 Å². The second-order valence-corrected chi connectivity index (χ2v) is 10.2. The lowest BCUT2D eigenvalue weighted by Crippen LogP contribution is -2.53. The van der Waals surface area contributed by atoms with Crippen LogP contribution < -0.4 is 16.1 Å². The zero-order valence-electron chi connectivity index (χ0n) is 20.4. The summed E-state index contributed by atoms with van der Waals surface area (Å²) in [5, 5.41) is 16.4. The first-order chi connectivity index (χ1) is 15.2. The van der Waals surface area contributed by atoms with Crippen LogP contribution in [0.4, 0.5) is 9.18 Å². The summed E-state index contributed by atoms with van der Waals surface area (Å²) in [5.74, 6) is -0.989. The highest BCUT2D eigenvalue weighted by Crippen LogP contribution is 2.34. The molecule has 0 heterocycles. The molecule has 0 fully saturated rings. The number of alkyl carbamates (subject to hydrolysis) is 1. The summed E-state index contributed by atoms with van der Waals surface area (Å²) in [6, 6.07) is 3.83. The van der Waals surface area contributed by atoms with E-state index in [0.29, 0.717) is 17.5 Å². The average Bonchev–Trinajstić information content (AvgIpc) is 3.34. The van der Waals surface area contributed by atoms with Crippen LogP contribution >= 0.6 is 0 Å². The SMILES string of the molecule is CC(C)C[C@H](NC(=O)OC(C)(C)C)C(=O)N[C@@H](C(C)C)[C@H](O)c1c(-c2ccc(F)cc2)c1=O. The van der Waals surface area contributed by atoms with Gasteiger partial charge in [-0.05, 0) is 56.7 Å². The van der Waals surface area contributed by atoms with Gasteiger partial charge in [0.05, 0.1) is 6.04 Å². The maximum atomic E-state index is 13.2. The Morgan fingerprint density at radius 2 is 1.64 bits per heavy atom. The Kier molecular flexibility index (Phi) is 8.41. The summed E-state index contributed by atoms with van der Waals surface area (Å²) in [6.45, 7) is 12.7. The number of benzene rings is 1. The van der Waals surface area contributed by atoms with Crippen molar-refractivity contribution in [3.8, 4) is 11.1 Å². The second-order valence-electron chi connectivity index (χ2n) is 10.2. The van der Waals surface area contributed by atoms with Crippen LogP contribution in [0, 0.1) is 17.7 Å². The minimum absolute atomic E-state index is 0.107. The summed E-state index contributed by atoms with van der Waals surface area (Å²) in [7, 11) is 0. The van der Waals surface area contributed by atoms with Gasteiger partial charge in [-0.3, -0.25) is 9.59 Å². The molecule has 0 unspecified atom stereocenters. The highest BCUT2D eigenvalue weighted by molar-refractivity contribution is 5.86. The predicted molar refractivity (Wildman–Crippen MR) is 125 cm³/mol. The lowest BCUT2D eigenvalue weighted by atomic mass is 9.95. The summed E-state index contributed by atoms with van der Waals surface area (Å²) in [5.41, 5.74) is 0.0529. The van der Waals surface area contributed by atoms with E-state index < -0.39 is 41.6 Å². The summed E-state index contributed by atoms with van der Waals surface area (Å²) in [4.78, 5) is 37.7. The minimum Gasteiger partial charge on any atom is -0.444 e. The van der Waals surface area contributed by atoms with E-state index in [1.165, 1.54) is 24.3 Å². The average molecular weight is 463 g/mol. The van der Waals surface area contributed by atoms with Gasteiger partial charge >= 0.3 is 6.09 Å². The van der Waals surface area contributed by atoms with Crippen LogP contribution in [0.25, 0.3) is 11.1 Å². The number of ether oxygens (including phenoxy) is 1. The van der Waals surface area contributed by atoms with Gasteiger partial charge in [-0.2, -0.15) is 0 Å². The molecule has 182 valence electrons. The molecular formula is C25H35FN2O5. The fourth-order valence-electron chi connectivity index (χ4n) is 3.58. The number of carbonyl (C=O) groups is 2. The maximum Gasteiger partial charge on any atom is 0.408 e. The maximum absolute atomic E-state index is 13.2. The van der Waals surface area contributed by atoms with E-state index in [9.17, 15) is 23.9 Å². The monoisotopic (exact) mass is 462 g/mol. The number of aliphatic hydroxyl groups excluding tert-OH is 1. The quantitative estimate of drug-likeness (QED) is 0.525. The third-order valence-corrected chi connectivity index (χ3v) is 5.19. The van der Waals surface area contributed by atoms with E-state index in [0.717, 1.165) is 0 Å². The molecule has 2 aromatic rings. The van der Waals surface area contributed by atoms with Crippen LogP contribution in [-0.4, -0.2) is 34.8 Å². The number of nitrogens with one attached hydrogen (secondary N) is 2. The third-order valence-electron chi connectivity index (χ3n) is 5.19. The lowest BCUT2D eigenvalue weighted by Gasteiger charge is -2.29. The zero-order chi connectivity index (χ0) is 25.1. The summed E-state index contributed by atoms with van der Waals surface area (Å²) in [6.07, 6.45) is -1.57. The standard InChI is InChI=1S/C25H35FN2O5/c1-13(2)12-17(27-24(32)33-25(5,6)7)23(31)28-20(14(3)4)22(30)19-18(21(19)29)15-8-10-16(26)11-9-15/h8-11,13-14,17,20,22,30H,12H2,1-7H3,(H,27,32)(H,28,31)/t17-,20-,22+/m0/s1. The molecule has 33 heavy (non-hydrogen) atoms. The van der Waals surface area contributed by atoms with Crippen molar-refractivity contribution in [3.05, 3.63) is 45.9 Å².